The maximum absolute atomic E-state index is 5.84. The molecule has 2 rings (SSSR count). The third kappa shape index (κ3) is 3.77. The van der Waals surface area contributed by atoms with Crippen LogP contribution in [-0.2, 0) is 11.2 Å². The molecule has 0 saturated carbocycles. The third-order valence-corrected chi connectivity index (χ3v) is 4.05. The number of nitrogens with one attached hydrogen (secondary N) is 1. The summed E-state index contributed by atoms with van der Waals surface area (Å²) in [6.45, 7) is 8.38. The second kappa shape index (κ2) is 7.01. The van der Waals surface area contributed by atoms with Crippen molar-refractivity contribution in [3.05, 3.63) is 29.6 Å². The van der Waals surface area contributed by atoms with E-state index in [9.17, 15) is 0 Å². The first-order valence-electron chi connectivity index (χ1n) is 7.51. The standard InChI is InChI=1S/C16H26N2O/c1-4-16-14(8-9-19-16)15(17-5-2)10-13-7-6-12(3)11-18-13/h6-7,11,14-17H,4-5,8-10H2,1-3H3. The second-order valence-electron chi connectivity index (χ2n) is 5.47. The van der Waals surface area contributed by atoms with Crippen molar-refractivity contribution in [2.45, 2.75) is 52.2 Å². The minimum Gasteiger partial charge on any atom is -0.378 e. The van der Waals surface area contributed by atoms with Crippen molar-refractivity contribution in [3.63, 3.8) is 0 Å². The van der Waals surface area contributed by atoms with E-state index in [2.05, 4.69) is 43.2 Å². The summed E-state index contributed by atoms with van der Waals surface area (Å²) >= 11 is 0. The summed E-state index contributed by atoms with van der Waals surface area (Å²) in [6.07, 6.45) is 5.64. The first-order chi connectivity index (χ1) is 9.24. The first-order valence-corrected chi connectivity index (χ1v) is 7.51. The lowest BCUT2D eigenvalue weighted by atomic mass is 9.88. The number of rotatable bonds is 6. The number of aromatic nitrogens is 1. The van der Waals surface area contributed by atoms with Crippen LogP contribution < -0.4 is 5.32 Å². The topological polar surface area (TPSA) is 34.2 Å². The Morgan fingerprint density at radius 1 is 1.42 bits per heavy atom. The molecule has 3 atom stereocenters. The van der Waals surface area contributed by atoms with E-state index in [1.165, 1.54) is 17.7 Å². The van der Waals surface area contributed by atoms with Gasteiger partial charge in [-0.3, -0.25) is 4.98 Å². The third-order valence-electron chi connectivity index (χ3n) is 4.05. The number of ether oxygens (including phenoxy) is 1. The maximum atomic E-state index is 5.84. The molecule has 19 heavy (non-hydrogen) atoms. The lowest BCUT2D eigenvalue weighted by Gasteiger charge is -2.27. The Morgan fingerprint density at radius 2 is 2.26 bits per heavy atom. The van der Waals surface area contributed by atoms with Gasteiger partial charge in [-0.25, -0.2) is 0 Å². The number of nitrogens with zero attached hydrogens (tertiary/aromatic N) is 1. The fourth-order valence-electron chi connectivity index (χ4n) is 3.03. The van der Waals surface area contributed by atoms with Gasteiger partial charge < -0.3 is 10.1 Å². The van der Waals surface area contributed by atoms with Gasteiger partial charge in [0.05, 0.1) is 6.10 Å². The van der Waals surface area contributed by atoms with Crippen LogP contribution in [0.3, 0.4) is 0 Å². The van der Waals surface area contributed by atoms with Crippen LogP contribution in [0.4, 0.5) is 0 Å². The molecule has 1 fully saturated rings. The molecular weight excluding hydrogens is 236 g/mol. The zero-order valence-corrected chi connectivity index (χ0v) is 12.4. The van der Waals surface area contributed by atoms with Crippen LogP contribution in [0.5, 0.6) is 0 Å². The highest BCUT2D eigenvalue weighted by Crippen LogP contribution is 2.28. The average molecular weight is 262 g/mol. The van der Waals surface area contributed by atoms with E-state index >= 15 is 0 Å². The highest BCUT2D eigenvalue weighted by molar-refractivity contribution is 5.13. The molecule has 0 aromatic carbocycles. The predicted octanol–water partition coefficient (Wildman–Crippen LogP) is 2.73. The van der Waals surface area contributed by atoms with E-state index in [1.807, 2.05) is 6.20 Å². The van der Waals surface area contributed by atoms with E-state index < -0.39 is 0 Å². The van der Waals surface area contributed by atoms with E-state index in [0.717, 1.165) is 26.0 Å². The van der Waals surface area contributed by atoms with Crippen molar-refractivity contribution >= 4 is 0 Å². The van der Waals surface area contributed by atoms with Gasteiger partial charge in [0, 0.05) is 36.9 Å². The van der Waals surface area contributed by atoms with E-state index in [4.69, 9.17) is 4.74 Å². The molecule has 0 aliphatic carbocycles. The molecule has 3 heteroatoms. The quantitative estimate of drug-likeness (QED) is 0.856. The van der Waals surface area contributed by atoms with Gasteiger partial charge in [0.25, 0.3) is 0 Å². The lowest BCUT2D eigenvalue weighted by Crippen LogP contribution is -2.41. The number of likely N-dealkylation sites (N-methyl/N-ethyl adjacent to an activating group) is 1. The summed E-state index contributed by atoms with van der Waals surface area (Å²) in [6, 6.07) is 4.78. The predicted molar refractivity (Wildman–Crippen MR) is 78.3 cm³/mol. The Hall–Kier alpha value is -0.930. The fourth-order valence-corrected chi connectivity index (χ4v) is 3.03. The van der Waals surface area contributed by atoms with Crippen LogP contribution >= 0.6 is 0 Å². The van der Waals surface area contributed by atoms with Gasteiger partial charge in [-0.15, -0.1) is 0 Å². The molecule has 0 amide bonds. The minimum absolute atomic E-state index is 0.412. The molecule has 2 heterocycles. The number of hydrogen-bond acceptors (Lipinski definition) is 3. The molecule has 1 aromatic rings. The molecular formula is C16H26N2O. The smallest absolute Gasteiger partial charge is 0.0616 e. The molecule has 1 aliphatic rings. The zero-order chi connectivity index (χ0) is 13.7. The Morgan fingerprint density at radius 3 is 2.89 bits per heavy atom. The summed E-state index contributed by atoms with van der Waals surface area (Å²) in [5.74, 6) is 0.619. The van der Waals surface area contributed by atoms with Crippen LogP contribution in [-0.4, -0.2) is 30.3 Å². The highest BCUT2D eigenvalue weighted by atomic mass is 16.5. The normalized spacial score (nSPS) is 24.6. The van der Waals surface area contributed by atoms with Gasteiger partial charge in [-0.2, -0.15) is 0 Å². The number of hydrogen-bond donors (Lipinski definition) is 1. The maximum Gasteiger partial charge on any atom is 0.0616 e. The Kier molecular flexibility index (Phi) is 5.34. The molecule has 0 spiro atoms. The first kappa shape index (κ1) is 14.5. The van der Waals surface area contributed by atoms with Gasteiger partial charge in [-0.1, -0.05) is 19.9 Å². The Balaban J connectivity index is 2.04. The van der Waals surface area contributed by atoms with Gasteiger partial charge in [0.1, 0.15) is 0 Å². The fraction of sp³-hybridized carbons (Fsp3) is 0.688. The van der Waals surface area contributed by atoms with E-state index in [1.54, 1.807) is 0 Å². The SMILES string of the molecule is CCNC(Cc1ccc(C)cn1)C1CCOC1CC. The van der Waals surface area contributed by atoms with Crippen LogP contribution in [0, 0.1) is 12.8 Å². The lowest BCUT2D eigenvalue weighted by molar-refractivity contribution is 0.0775. The molecule has 0 bridgehead atoms. The van der Waals surface area contributed by atoms with Crippen LogP contribution in [0.2, 0.25) is 0 Å². The van der Waals surface area contributed by atoms with Crippen molar-refractivity contribution in [2.75, 3.05) is 13.2 Å². The van der Waals surface area contributed by atoms with Crippen molar-refractivity contribution in [2.24, 2.45) is 5.92 Å². The van der Waals surface area contributed by atoms with Gasteiger partial charge in [0.15, 0.2) is 0 Å². The molecule has 1 N–H and O–H groups in total. The monoisotopic (exact) mass is 262 g/mol. The molecule has 3 unspecified atom stereocenters. The molecule has 1 aromatic heterocycles. The largest absolute Gasteiger partial charge is 0.378 e. The summed E-state index contributed by atoms with van der Waals surface area (Å²) in [5.41, 5.74) is 2.40. The molecule has 106 valence electrons. The van der Waals surface area contributed by atoms with Gasteiger partial charge >= 0.3 is 0 Å². The van der Waals surface area contributed by atoms with Gasteiger partial charge in [-0.05, 0) is 37.9 Å². The molecule has 0 radical (unpaired) electrons. The van der Waals surface area contributed by atoms with Crippen LogP contribution in [0.1, 0.15) is 37.9 Å². The second-order valence-corrected chi connectivity index (χ2v) is 5.47. The summed E-state index contributed by atoms with van der Waals surface area (Å²) in [4.78, 5) is 4.54. The Bertz CT molecular complexity index is 377. The van der Waals surface area contributed by atoms with Crippen molar-refractivity contribution < 1.29 is 4.74 Å². The van der Waals surface area contributed by atoms with Gasteiger partial charge in [0.2, 0.25) is 0 Å². The number of pyridine rings is 1. The van der Waals surface area contributed by atoms with Crippen molar-refractivity contribution in [1.82, 2.24) is 10.3 Å². The van der Waals surface area contributed by atoms with Crippen LogP contribution in [0.25, 0.3) is 0 Å². The van der Waals surface area contributed by atoms with E-state index in [0.29, 0.717) is 18.1 Å². The molecule has 3 nitrogen and oxygen atoms in total. The zero-order valence-electron chi connectivity index (χ0n) is 12.4. The van der Waals surface area contributed by atoms with Crippen molar-refractivity contribution in [3.8, 4) is 0 Å². The average Bonchev–Trinajstić information content (AvgIpc) is 2.89. The molecule has 1 aliphatic heterocycles. The van der Waals surface area contributed by atoms with Crippen LogP contribution in [0.15, 0.2) is 18.3 Å². The summed E-state index contributed by atoms with van der Waals surface area (Å²) in [5, 5.41) is 3.63. The van der Waals surface area contributed by atoms with Crippen molar-refractivity contribution in [1.29, 1.82) is 0 Å². The minimum atomic E-state index is 0.412. The Labute approximate surface area is 116 Å². The van der Waals surface area contributed by atoms with E-state index in [-0.39, 0.29) is 0 Å². The highest BCUT2D eigenvalue weighted by Gasteiger charge is 2.33. The number of aryl methyl sites for hydroxylation is 1. The summed E-state index contributed by atoms with van der Waals surface area (Å²) < 4.78 is 5.84. The summed E-state index contributed by atoms with van der Waals surface area (Å²) in [7, 11) is 0. The molecule has 1 saturated heterocycles.